The summed E-state index contributed by atoms with van der Waals surface area (Å²) in [6, 6.07) is 10.0. The number of nitrogens with two attached hydrogens (primary N) is 1. The van der Waals surface area contributed by atoms with Gasteiger partial charge in [-0.3, -0.25) is 4.98 Å². The van der Waals surface area contributed by atoms with E-state index < -0.39 is 0 Å². The summed E-state index contributed by atoms with van der Waals surface area (Å²) in [4.78, 5) is 13.2. The van der Waals surface area contributed by atoms with Gasteiger partial charge in [-0.05, 0) is 42.3 Å². The fourth-order valence-electron chi connectivity index (χ4n) is 2.82. The molecule has 0 radical (unpaired) electrons. The van der Waals surface area contributed by atoms with Crippen LogP contribution in [-0.4, -0.2) is 42.0 Å². The summed E-state index contributed by atoms with van der Waals surface area (Å²) in [6.45, 7) is 6.17. The average molecular weight is 472 g/mol. The van der Waals surface area contributed by atoms with Gasteiger partial charge < -0.3 is 15.5 Å². The van der Waals surface area contributed by atoms with Crippen LogP contribution in [0.3, 0.4) is 0 Å². The van der Waals surface area contributed by atoms with Crippen LogP contribution >= 0.6 is 35.6 Å². The Morgan fingerprint density at radius 3 is 2.48 bits per heavy atom. The van der Waals surface area contributed by atoms with Gasteiger partial charge in [0, 0.05) is 49.3 Å². The Morgan fingerprint density at radius 2 is 1.84 bits per heavy atom. The first-order valence-corrected chi connectivity index (χ1v) is 8.45. The van der Waals surface area contributed by atoms with E-state index in [0.29, 0.717) is 12.5 Å². The van der Waals surface area contributed by atoms with Crippen molar-refractivity contribution in [3.05, 3.63) is 58.9 Å². The maximum atomic E-state index is 6.16. The van der Waals surface area contributed by atoms with Gasteiger partial charge in [-0.2, -0.15) is 0 Å². The van der Waals surface area contributed by atoms with Gasteiger partial charge in [0.25, 0.3) is 0 Å². The minimum atomic E-state index is 0. The SMILES string of the molecule is Cc1cncc(CN=C(N)N2CCN(c3ccc(Cl)cc3)CC2)c1.I. The maximum Gasteiger partial charge on any atom is 0.191 e. The van der Waals surface area contributed by atoms with Gasteiger partial charge in [-0.15, -0.1) is 24.0 Å². The normalized spacial score (nSPS) is 15.0. The predicted octanol–water partition coefficient (Wildman–Crippen LogP) is 3.30. The molecule has 7 heteroatoms. The lowest BCUT2D eigenvalue weighted by atomic mass is 10.2. The standard InChI is InChI=1S/C18H22ClN5.HI/c1-14-10-15(12-21-11-14)13-22-18(20)24-8-6-23(7-9-24)17-4-2-16(19)3-5-17;/h2-5,10-12H,6-9,13H2,1H3,(H2,20,22);1H. The van der Waals surface area contributed by atoms with E-state index in [9.17, 15) is 0 Å². The van der Waals surface area contributed by atoms with E-state index in [-0.39, 0.29) is 24.0 Å². The number of guanidine groups is 1. The minimum Gasteiger partial charge on any atom is -0.370 e. The molecular weight excluding hydrogens is 449 g/mol. The van der Waals surface area contributed by atoms with Gasteiger partial charge in [-0.25, -0.2) is 4.99 Å². The summed E-state index contributed by atoms with van der Waals surface area (Å²) in [5.41, 5.74) is 9.57. The molecule has 5 nitrogen and oxygen atoms in total. The van der Waals surface area contributed by atoms with Crippen LogP contribution in [0, 0.1) is 6.92 Å². The third kappa shape index (κ3) is 5.47. The molecule has 1 aromatic heterocycles. The second-order valence-electron chi connectivity index (χ2n) is 6.00. The molecule has 0 bridgehead atoms. The second kappa shape index (κ2) is 9.24. The van der Waals surface area contributed by atoms with Crippen LogP contribution in [0.25, 0.3) is 0 Å². The van der Waals surface area contributed by atoms with E-state index >= 15 is 0 Å². The first-order valence-electron chi connectivity index (χ1n) is 8.08. The Morgan fingerprint density at radius 1 is 1.16 bits per heavy atom. The first kappa shape index (κ1) is 19.8. The highest BCUT2D eigenvalue weighted by Gasteiger charge is 2.18. The molecule has 1 fully saturated rings. The number of aromatic nitrogens is 1. The topological polar surface area (TPSA) is 57.8 Å². The summed E-state index contributed by atoms with van der Waals surface area (Å²) in [5.74, 6) is 0.604. The lowest BCUT2D eigenvalue weighted by Gasteiger charge is -2.36. The minimum absolute atomic E-state index is 0. The highest BCUT2D eigenvalue weighted by Crippen LogP contribution is 2.19. The van der Waals surface area contributed by atoms with Crippen LogP contribution in [0.15, 0.2) is 47.7 Å². The number of aliphatic imine (C=N–C) groups is 1. The molecule has 1 aliphatic heterocycles. The van der Waals surface area contributed by atoms with Crippen LogP contribution < -0.4 is 10.6 Å². The van der Waals surface area contributed by atoms with E-state index in [1.54, 1.807) is 0 Å². The zero-order valence-corrected chi connectivity index (χ0v) is 17.3. The monoisotopic (exact) mass is 471 g/mol. The molecule has 0 saturated carbocycles. The Kier molecular flexibility index (Phi) is 7.31. The quantitative estimate of drug-likeness (QED) is 0.424. The van der Waals surface area contributed by atoms with Crippen LogP contribution in [0.4, 0.5) is 5.69 Å². The van der Waals surface area contributed by atoms with Crippen molar-refractivity contribution in [2.45, 2.75) is 13.5 Å². The molecule has 0 spiro atoms. The van der Waals surface area contributed by atoms with Crippen LogP contribution in [-0.2, 0) is 6.54 Å². The van der Waals surface area contributed by atoms with Crippen molar-refractivity contribution in [1.29, 1.82) is 0 Å². The molecule has 3 rings (SSSR count). The van der Waals surface area contributed by atoms with Crippen molar-refractivity contribution < 1.29 is 0 Å². The highest BCUT2D eigenvalue weighted by atomic mass is 127. The number of anilines is 1. The molecule has 25 heavy (non-hydrogen) atoms. The van der Waals surface area contributed by atoms with Gasteiger partial charge in [0.1, 0.15) is 0 Å². The molecule has 2 heterocycles. The van der Waals surface area contributed by atoms with E-state index in [4.69, 9.17) is 17.3 Å². The lowest BCUT2D eigenvalue weighted by Crippen LogP contribution is -2.51. The van der Waals surface area contributed by atoms with E-state index in [1.807, 2.05) is 31.5 Å². The summed E-state index contributed by atoms with van der Waals surface area (Å²) in [6.07, 6.45) is 3.68. The fraction of sp³-hybridized carbons (Fsp3) is 0.333. The van der Waals surface area contributed by atoms with E-state index in [2.05, 4.69) is 38.0 Å². The predicted molar refractivity (Wildman–Crippen MR) is 115 cm³/mol. The van der Waals surface area contributed by atoms with Crippen LogP contribution in [0.1, 0.15) is 11.1 Å². The molecular formula is C18H23ClIN5. The number of nitrogens with zero attached hydrogens (tertiary/aromatic N) is 4. The summed E-state index contributed by atoms with van der Waals surface area (Å²) in [5, 5.41) is 0.763. The number of hydrogen-bond donors (Lipinski definition) is 1. The van der Waals surface area contributed by atoms with Gasteiger partial charge in [-0.1, -0.05) is 17.7 Å². The molecule has 0 aliphatic carbocycles. The van der Waals surface area contributed by atoms with Crippen molar-refractivity contribution in [1.82, 2.24) is 9.88 Å². The number of rotatable bonds is 3. The largest absolute Gasteiger partial charge is 0.370 e. The first-order chi connectivity index (χ1) is 11.6. The molecule has 0 atom stereocenters. The van der Waals surface area contributed by atoms with Crippen molar-refractivity contribution in [2.75, 3.05) is 31.1 Å². The third-order valence-corrected chi connectivity index (χ3v) is 4.40. The number of benzene rings is 1. The average Bonchev–Trinajstić information content (AvgIpc) is 2.61. The summed E-state index contributed by atoms with van der Waals surface area (Å²) >= 11 is 5.95. The van der Waals surface area contributed by atoms with Crippen molar-refractivity contribution in [2.24, 2.45) is 10.7 Å². The van der Waals surface area contributed by atoms with Gasteiger partial charge in [0.05, 0.1) is 6.54 Å². The molecule has 0 amide bonds. The maximum absolute atomic E-state index is 6.16. The zero-order valence-electron chi connectivity index (χ0n) is 14.2. The van der Waals surface area contributed by atoms with Crippen LogP contribution in [0.5, 0.6) is 0 Å². The molecule has 1 aromatic carbocycles. The van der Waals surface area contributed by atoms with Gasteiger partial charge in [0.15, 0.2) is 5.96 Å². The van der Waals surface area contributed by atoms with Crippen molar-refractivity contribution >= 4 is 47.2 Å². The Labute approximate surface area is 170 Å². The number of piperazine rings is 1. The van der Waals surface area contributed by atoms with Crippen molar-refractivity contribution in [3.63, 3.8) is 0 Å². The molecule has 2 N–H and O–H groups in total. The number of halogens is 2. The lowest BCUT2D eigenvalue weighted by molar-refractivity contribution is 0.380. The number of pyridine rings is 1. The fourth-order valence-corrected chi connectivity index (χ4v) is 2.95. The van der Waals surface area contributed by atoms with E-state index in [0.717, 1.165) is 42.3 Å². The summed E-state index contributed by atoms with van der Waals surface area (Å²) in [7, 11) is 0. The van der Waals surface area contributed by atoms with Gasteiger partial charge in [0.2, 0.25) is 0 Å². The Balaban J connectivity index is 0.00000225. The molecule has 134 valence electrons. The molecule has 1 aliphatic rings. The Hall–Kier alpha value is -1.54. The Bertz CT molecular complexity index is 712. The smallest absolute Gasteiger partial charge is 0.191 e. The molecule has 1 saturated heterocycles. The third-order valence-electron chi connectivity index (χ3n) is 4.15. The number of hydrogen-bond acceptors (Lipinski definition) is 3. The van der Waals surface area contributed by atoms with Crippen molar-refractivity contribution in [3.8, 4) is 0 Å². The summed E-state index contributed by atoms with van der Waals surface area (Å²) < 4.78 is 0. The zero-order chi connectivity index (χ0) is 16.9. The highest BCUT2D eigenvalue weighted by molar-refractivity contribution is 14.0. The van der Waals surface area contributed by atoms with Gasteiger partial charge >= 0.3 is 0 Å². The molecule has 2 aromatic rings. The molecule has 0 unspecified atom stereocenters. The van der Waals surface area contributed by atoms with E-state index in [1.165, 1.54) is 5.69 Å². The second-order valence-corrected chi connectivity index (χ2v) is 6.43. The van der Waals surface area contributed by atoms with Crippen LogP contribution in [0.2, 0.25) is 5.02 Å². The number of aryl methyl sites for hydroxylation is 1.